The lowest BCUT2D eigenvalue weighted by Gasteiger charge is -2.31. The van der Waals surface area contributed by atoms with Crippen molar-refractivity contribution in [3.05, 3.63) is 40.6 Å². The Kier molecular flexibility index (Phi) is 5.22. The number of nitrogens with one attached hydrogen (secondary N) is 1. The number of carbonyl (C=O) groups excluding carboxylic acids is 1. The summed E-state index contributed by atoms with van der Waals surface area (Å²) in [6.45, 7) is 1.07. The van der Waals surface area contributed by atoms with Crippen molar-refractivity contribution < 1.29 is 13.2 Å². The fourth-order valence-electron chi connectivity index (χ4n) is 3.24. The van der Waals surface area contributed by atoms with Crippen LogP contribution in [0.15, 0.2) is 40.6 Å². The standard InChI is InChI=1S/C17H18N4O3S3/c22-17(18-10-13-5-3-9-25-13)12-4-2-8-21(11-12)27(23,24)15-7-1-6-14-16(15)20-26-19-14/h1,3,5-7,9,12H,2,4,8,10-11H2,(H,18,22). The first-order valence-electron chi connectivity index (χ1n) is 8.57. The summed E-state index contributed by atoms with van der Waals surface area (Å²) in [6, 6.07) is 8.88. The topological polar surface area (TPSA) is 92.3 Å². The summed E-state index contributed by atoms with van der Waals surface area (Å²) >= 11 is 2.58. The number of sulfonamides is 1. The highest BCUT2D eigenvalue weighted by atomic mass is 32.2. The fraction of sp³-hybridized carbons (Fsp3) is 0.353. The smallest absolute Gasteiger partial charge is 0.245 e. The zero-order valence-corrected chi connectivity index (χ0v) is 16.8. The van der Waals surface area contributed by atoms with Gasteiger partial charge in [-0.3, -0.25) is 4.79 Å². The molecule has 0 bridgehead atoms. The highest BCUT2D eigenvalue weighted by molar-refractivity contribution is 7.89. The van der Waals surface area contributed by atoms with E-state index in [2.05, 4.69) is 14.1 Å². The Morgan fingerprint density at radius 1 is 1.26 bits per heavy atom. The van der Waals surface area contributed by atoms with Gasteiger partial charge in [0.2, 0.25) is 15.9 Å². The molecule has 1 aliphatic heterocycles. The minimum atomic E-state index is -3.72. The first-order chi connectivity index (χ1) is 13.1. The third kappa shape index (κ3) is 3.75. The number of carbonyl (C=O) groups is 1. The molecule has 0 spiro atoms. The lowest BCUT2D eigenvalue weighted by molar-refractivity contribution is -0.126. The Bertz CT molecular complexity index is 1050. The zero-order chi connectivity index (χ0) is 18.9. The third-order valence-corrected chi connectivity index (χ3v) is 7.95. The number of rotatable bonds is 5. The first kappa shape index (κ1) is 18.5. The highest BCUT2D eigenvalue weighted by Gasteiger charge is 2.34. The molecule has 1 atom stereocenters. The molecule has 27 heavy (non-hydrogen) atoms. The molecule has 1 unspecified atom stereocenters. The predicted octanol–water partition coefficient (Wildman–Crippen LogP) is 2.47. The van der Waals surface area contributed by atoms with Crippen LogP contribution in [0, 0.1) is 5.92 Å². The lowest BCUT2D eigenvalue weighted by Crippen LogP contribution is -2.45. The van der Waals surface area contributed by atoms with E-state index in [4.69, 9.17) is 0 Å². The largest absolute Gasteiger partial charge is 0.351 e. The zero-order valence-electron chi connectivity index (χ0n) is 14.4. The third-order valence-electron chi connectivity index (χ3n) is 4.64. The SMILES string of the molecule is O=C(NCc1cccs1)C1CCCN(S(=O)(=O)c2cccc3nsnc23)C1. The fourth-order valence-corrected chi connectivity index (χ4v) is 6.16. The number of aromatic nitrogens is 2. The summed E-state index contributed by atoms with van der Waals surface area (Å²) < 4.78 is 35.9. The quantitative estimate of drug-likeness (QED) is 0.682. The molecule has 0 aliphatic carbocycles. The maximum atomic E-state index is 13.1. The molecule has 1 fully saturated rings. The Hall–Kier alpha value is -1.88. The van der Waals surface area contributed by atoms with Gasteiger partial charge in [0, 0.05) is 18.0 Å². The van der Waals surface area contributed by atoms with Crippen LogP contribution in [0.1, 0.15) is 17.7 Å². The van der Waals surface area contributed by atoms with Gasteiger partial charge >= 0.3 is 0 Å². The van der Waals surface area contributed by atoms with E-state index in [-0.39, 0.29) is 23.3 Å². The van der Waals surface area contributed by atoms with Crippen LogP contribution in [-0.2, 0) is 21.4 Å². The van der Waals surface area contributed by atoms with E-state index in [9.17, 15) is 13.2 Å². The molecule has 1 N–H and O–H groups in total. The summed E-state index contributed by atoms with van der Waals surface area (Å²) in [5.41, 5.74) is 0.968. The second-order valence-corrected chi connectivity index (χ2v) is 9.85. The summed E-state index contributed by atoms with van der Waals surface area (Å²) in [5.74, 6) is -0.446. The maximum Gasteiger partial charge on any atom is 0.245 e. The highest BCUT2D eigenvalue weighted by Crippen LogP contribution is 2.28. The second kappa shape index (κ2) is 7.63. The number of amides is 1. The van der Waals surface area contributed by atoms with Crippen molar-refractivity contribution in [3.8, 4) is 0 Å². The molecule has 1 aromatic carbocycles. The van der Waals surface area contributed by atoms with Crippen molar-refractivity contribution in [2.75, 3.05) is 13.1 Å². The number of hydrogen-bond donors (Lipinski definition) is 1. The molecule has 0 radical (unpaired) electrons. The van der Waals surface area contributed by atoms with Crippen molar-refractivity contribution in [2.24, 2.45) is 5.92 Å². The Labute approximate surface area is 165 Å². The van der Waals surface area contributed by atoms with Crippen molar-refractivity contribution in [2.45, 2.75) is 24.3 Å². The normalized spacial score (nSPS) is 18.6. The van der Waals surface area contributed by atoms with Crippen molar-refractivity contribution in [1.82, 2.24) is 18.4 Å². The average molecular weight is 423 g/mol. The number of benzene rings is 1. The van der Waals surface area contributed by atoms with Crippen LogP contribution in [0.4, 0.5) is 0 Å². The Morgan fingerprint density at radius 3 is 2.96 bits per heavy atom. The molecular weight excluding hydrogens is 404 g/mol. The summed E-state index contributed by atoms with van der Waals surface area (Å²) in [7, 11) is -3.72. The molecule has 3 aromatic rings. The molecular formula is C17H18N4O3S3. The van der Waals surface area contributed by atoms with Gasteiger partial charge in [0.15, 0.2) is 0 Å². The number of thiophene rings is 1. The Balaban J connectivity index is 1.50. The molecule has 4 rings (SSSR count). The molecule has 1 aliphatic rings. The van der Waals surface area contributed by atoms with Crippen LogP contribution in [0.25, 0.3) is 11.0 Å². The van der Waals surface area contributed by atoms with Crippen molar-refractivity contribution >= 4 is 50.0 Å². The van der Waals surface area contributed by atoms with Crippen LogP contribution in [-0.4, -0.2) is 40.5 Å². The van der Waals surface area contributed by atoms with Crippen LogP contribution in [0.5, 0.6) is 0 Å². The number of piperidine rings is 1. The lowest BCUT2D eigenvalue weighted by atomic mass is 9.99. The van der Waals surface area contributed by atoms with Gasteiger partial charge < -0.3 is 5.32 Å². The van der Waals surface area contributed by atoms with Gasteiger partial charge in [-0.2, -0.15) is 13.1 Å². The van der Waals surface area contributed by atoms with E-state index in [0.29, 0.717) is 37.0 Å². The minimum Gasteiger partial charge on any atom is -0.351 e. The van der Waals surface area contributed by atoms with Gasteiger partial charge in [-0.15, -0.1) is 11.3 Å². The van der Waals surface area contributed by atoms with Gasteiger partial charge in [-0.05, 0) is 36.4 Å². The molecule has 142 valence electrons. The summed E-state index contributed by atoms with van der Waals surface area (Å²) in [5, 5.41) is 4.88. The maximum absolute atomic E-state index is 13.1. The average Bonchev–Trinajstić information content (AvgIpc) is 3.37. The van der Waals surface area contributed by atoms with E-state index in [1.807, 2.05) is 17.5 Å². The van der Waals surface area contributed by atoms with E-state index >= 15 is 0 Å². The van der Waals surface area contributed by atoms with Gasteiger partial charge in [-0.25, -0.2) is 8.42 Å². The predicted molar refractivity (Wildman–Crippen MR) is 105 cm³/mol. The number of hydrogen-bond acceptors (Lipinski definition) is 7. The van der Waals surface area contributed by atoms with E-state index in [1.165, 1.54) is 4.31 Å². The van der Waals surface area contributed by atoms with E-state index in [0.717, 1.165) is 16.6 Å². The van der Waals surface area contributed by atoms with E-state index in [1.54, 1.807) is 29.5 Å². The minimum absolute atomic E-state index is 0.100. The number of nitrogens with zero attached hydrogens (tertiary/aromatic N) is 3. The molecule has 3 heterocycles. The Morgan fingerprint density at radius 2 is 2.15 bits per heavy atom. The van der Waals surface area contributed by atoms with Crippen LogP contribution < -0.4 is 5.32 Å². The van der Waals surface area contributed by atoms with Crippen molar-refractivity contribution in [1.29, 1.82) is 0 Å². The second-order valence-electron chi connectivity index (χ2n) is 6.39. The molecule has 2 aromatic heterocycles. The molecule has 1 saturated heterocycles. The molecule has 0 saturated carbocycles. The molecule has 1 amide bonds. The molecule has 7 nitrogen and oxygen atoms in total. The van der Waals surface area contributed by atoms with Gasteiger partial charge in [0.25, 0.3) is 0 Å². The summed E-state index contributed by atoms with van der Waals surface area (Å²) in [4.78, 5) is 13.8. The summed E-state index contributed by atoms with van der Waals surface area (Å²) in [6.07, 6.45) is 1.34. The van der Waals surface area contributed by atoms with Crippen LogP contribution >= 0.6 is 23.1 Å². The van der Waals surface area contributed by atoms with E-state index < -0.39 is 10.0 Å². The molecule has 10 heteroatoms. The van der Waals surface area contributed by atoms with Gasteiger partial charge in [0.1, 0.15) is 15.9 Å². The van der Waals surface area contributed by atoms with Crippen LogP contribution in [0.2, 0.25) is 0 Å². The monoisotopic (exact) mass is 422 g/mol. The van der Waals surface area contributed by atoms with Gasteiger partial charge in [-0.1, -0.05) is 12.1 Å². The van der Waals surface area contributed by atoms with Gasteiger partial charge in [0.05, 0.1) is 24.2 Å². The van der Waals surface area contributed by atoms with Crippen LogP contribution in [0.3, 0.4) is 0 Å². The first-order valence-corrected chi connectivity index (χ1v) is 11.6. The number of fused-ring (bicyclic) bond motifs is 1. The van der Waals surface area contributed by atoms with Crippen molar-refractivity contribution in [3.63, 3.8) is 0 Å².